The molecule has 1 aromatic carbocycles. The van der Waals surface area contributed by atoms with Gasteiger partial charge in [0.15, 0.2) is 6.61 Å². The van der Waals surface area contributed by atoms with Gasteiger partial charge in [-0.3, -0.25) is 4.79 Å². The number of likely N-dealkylation sites (N-methyl/N-ethyl adjacent to an activating group) is 1. The van der Waals surface area contributed by atoms with E-state index >= 15 is 0 Å². The maximum atomic E-state index is 11.8. The summed E-state index contributed by atoms with van der Waals surface area (Å²) in [7, 11) is 1.74. The predicted octanol–water partition coefficient (Wildman–Crippen LogP) is 1.02. The van der Waals surface area contributed by atoms with Crippen molar-refractivity contribution in [1.29, 1.82) is 0 Å². The van der Waals surface area contributed by atoms with Crippen molar-refractivity contribution in [1.82, 2.24) is 4.90 Å². The Balaban J connectivity index is 2.40. The van der Waals surface area contributed by atoms with E-state index in [0.717, 1.165) is 5.56 Å². The molecule has 0 bridgehead atoms. The molecule has 0 saturated carbocycles. The summed E-state index contributed by atoms with van der Waals surface area (Å²) in [6.07, 6.45) is 0. The van der Waals surface area contributed by atoms with E-state index in [2.05, 4.69) is 0 Å². The van der Waals surface area contributed by atoms with Crippen LogP contribution in [0.5, 0.6) is 5.75 Å². The van der Waals surface area contributed by atoms with Gasteiger partial charge < -0.3 is 20.1 Å². The molecule has 106 valence electrons. The molecule has 0 aliphatic carbocycles. The van der Waals surface area contributed by atoms with Crippen LogP contribution in [0, 0.1) is 0 Å². The lowest BCUT2D eigenvalue weighted by molar-refractivity contribution is -0.132. The van der Waals surface area contributed by atoms with E-state index in [9.17, 15) is 4.79 Å². The van der Waals surface area contributed by atoms with E-state index < -0.39 is 0 Å². The number of rotatable bonds is 8. The highest BCUT2D eigenvalue weighted by atomic mass is 16.5. The summed E-state index contributed by atoms with van der Waals surface area (Å²) < 4.78 is 10.7. The third-order valence-corrected chi connectivity index (χ3v) is 2.74. The molecule has 0 atom stereocenters. The molecule has 0 aliphatic heterocycles. The van der Waals surface area contributed by atoms with E-state index in [1.54, 1.807) is 11.9 Å². The van der Waals surface area contributed by atoms with Gasteiger partial charge in [0, 0.05) is 32.3 Å². The molecule has 0 radical (unpaired) electrons. The average Bonchev–Trinajstić information content (AvgIpc) is 2.45. The highest BCUT2D eigenvalue weighted by Gasteiger charge is 2.10. The molecule has 1 aromatic rings. The molecule has 0 unspecified atom stereocenters. The van der Waals surface area contributed by atoms with Crippen molar-refractivity contribution in [2.24, 2.45) is 5.73 Å². The van der Waals surface area contributed by atoms with Gasteiger partial charge in [-0.05, 0) is 13.0 Å². The number of nitrogens with zero attached hydrogens (tertiary/aromatic N) is 1. The number of para-hydroxylation sites is 1. The van der Waals surface area contributed by atoms with Gasteiger partial charge in [0.25, 0.3) is 5.91 Å². The van der Waals surface area contributed by atoms with Gasteiger partial charge in [-0.25, -0.2) is 0 Å². The standard InChI is InChI=1S/C14H22N2O3/c1-3-18-9-8-16(2)14(17)11-19-13-7-5-4-6-12(13)10-15/h4-7H,3,8-11,15H2,1-2H3. The van der Waals surface area contributed by atoms with Crippen molar-refractivity contribution in [3.8, 4) is 5.75 Å². The Morgan fingerprint density at radius 1 is 1.37 bits per heavy atom. The minimum atomic E-state index is -0.0773. The summed E-state index contributed by atoms with van der Waals surface area (Å²) >= 11 is 0. The van der Waals surface area contributed by atoms with Crippen LogP contribution in [0.25, 0.3) is 0 Å². The lowest BCUT2D eigenvalue weighted by Gasteiger charge is -2.17. The molecule has 5 nitrogen and oxygen atoms in total. The monoisotopic (exact) mass is 266 g/mol. The molecular weight excluding hydrogens is 244 g/mol. The van der Waals surface area contributed by atoms with Crippen LogP contribution in [-0.2, 0) is 16.1 Å². The van der Waals surface area contributed by atoms with E-state index in [0.29, 0.717) is 32.1 Å². The molecule has 0 spiro atoms. The molecule has 0 heterocycles. The lowest BCUT2D eigenvalue weighted by Crippen LogP contribution is -2.34. The van der Waals surface area contributed by atoms with Crippen molar-refractivity contribution in [3.05, 3.63) is 29.8 Å². The summed E-state index contributed by atoms with van der Waals surface area (Å²) in [5.74, 6) is 0.586. The Morgan fingerprint density at radius 3 is 2.79 bits per heavy atom. The van der Waals surface area contributed by atoms with Crippen LogP contribution in [0.15, 0.2) is 24.3 Å². The number of hydrogen-bond acceptors (Lipinski definition) is 4. The number of benzene rings is 1. The third-order valence-electron chi connectivity index (χ3n) is 2.74. The fraction of sp³-hybridized carbons (Fsp3) is 0.500. The van der Waals surface area contributed by atoms with Crippen molar-refractivity contribution in [2.45, 2.75) is 13.5 Å². The Kier molecular flexibility index (Phi) is 6.92. The minimum Gasteiger partial charge on any atom is -0.483 e. The van der Waals surface area contributed by atoms with Gasteiger partial charge in [-0.1, -0.05) is 18.2 Å². The smallest absolute Gasteiger partial charge is 0.260 e. The Hall–Kier alpha value is -1.59. The van der Waals surface area contributed by atoms with Crippen molar-refractivity contribution < 1.29 is 14.3 Å². The van der Waals surface area contributed by atoms with Gasteiger partial charge >= 0.3 is 0 Å². The fourth-order valence-corrected chi connectivity index (χ4v) is 1.53. The highest BCUT2D eigenvalue weighted by molar-refractivity contribution is 5.77. The number of carbonyl (C=O) groups is 1. The Morgan fingerprint density at radius 2 is 2.11 bits per heavy atom. The maximum Gasteiger partial charge on any atom is 0.260 e. The quantitative estimate of drug-likeness (QED) is 0.713. The van der Waals surface area contributed by atoms with Crippen LogP contribution in [0.4, 0.5) is 0 Å². The molecule has 5 heteroatoms. The second-order valence-corrected chi connectivity index (χ2v) is 4.11. The lowest BCUT2D eigenvalue weighted by atomic mass is 10.2. The van der Waals surface area contributed by atoms with Crippen LogP contribution in [0.2, 0.25) is 0 Å². The summed E-state index contributed by atoms with van der Waals surface area (Å²) in [6.45, 7) is 4.09. The zero-order valence-corrected chi connectivity index (χ0v) is 11.6. The van der Waals surface area contributed by atoms with E-state index in [1.807, 2.05) is 31.2 Å². The molecular formula is C14H22N2O3. The van der Waals surface area contributed by atoms with Crippen LogP contribution in [0.1, 0.15) is 12.5 Å². The Labute approximate surface area is 114 Å². The van der Waals surface area contributed by atoms with Crippen molar-refractivity contribution in [3.63, 3.8) is 0 Å². The molecule has 1 rings (SSSR count). The molecule has 1 amide bonds. The van der Waals surface area contributed by atoms with Crippen molar-refractivity contribution >= 4 is 5.91 Å². The molecule has 2 N–H and O–H groups in total. The minimum absolute atomic E-state index is 0.0135. The summed E-state index contributed by atoms with van der Waals surface area (Å²) in [5, 5.41) is 0. The van der Waals surface area contributed by atoms with E-state index in [-0.39, 0.29) is 12.5 Å². The first kappa shape index (κ1) is 15.5. The van der Waals surface area contributed by atoms with Crippen molar-refractivity contribution in [2.75, 3.05) is 33.4 Å². The van der Waals surface area contributed by atoms with Gasteiger partial charge in [-0.15, -0.1) is 0 Å². The molecule has 0 fully saturated rings. The van der Waals surface area contributed by atoms with E-state index in [1.165, 1.54) is 0 Å². The Bertz CT molecular complexity index is 396. The zero-order valence-electron chi connectivity index (χ0n) is 11.6. The molecule has 0 aromatic heterocycles. The number of amides is 1. The normalized spacial score (nSPS) is 10.3. The van der Waals surface area contributed by atoms with Gasteiger partial charge in [0.1, 0.15) is 5.75 Å². The van der Waals surface area contributed by atoms with Crippen LogP contribution >= 0.6 is 0 Å². The average molecular weight is 266 g/mol. The highest BCUT2D eigenvalue weighted by Crippen LogP contribution is 2.16. The summed E-state index contributed by atoms with van der Waals surface area (Å²) in [5.41, 5.74) is 6.50. The number of nitrogens with two attached hydrogens (primary N) is 1. The van der Waals surface area contributed by atoms with Gasteiger partial charge in [0.05, 0.1) is 6.61 Å². The first-order valence-electron chi connectivity index (χ1n) is 6.41. The second kappa shape index (κ2) is 8.50. The predicted molar refractivity (Wildman–Crippen MR) is 74.0 cm³/mol. The number of hydrogen-bond donors (Lipinski definition) is 1. The number of carbonyl (C=O) groups excluding carboxylic acids is 1. The van der Waals surface area contributed by atoms with Gasteiger partial charge in [-0.2, -0.15) is 0 Å². The van der Waals surface area contributed by atoms with Crippen LogP contribution < -0.4 is 10.5 Å². The fourth-order valence-electron chi connectivity index (χ4n) is 1.53. The SMILES string of the molecule is CCOCCN(C)C(=O)COc1ccccc1CN. The molecule has 0 saturated heterocycles. The second-order valence-electron chi connectivity index (χ2n) is 4.11. The first-order chi connectivity index (χ1) is 9.19. The maximum absolute atomic E-state index is 11.8. The van der Waals surface area contributed by atoms with Gasteiger partial charge in [0.2, 0.25) is 0 Å². The molecule has 19 heavy (non-hydrogen) atoms. The summed E-state index contributed by atoms with van der Waals surface area (Å²) in [4.78, 5) is 13.4. The third kappa shape index (κ3) is 5.28. The number of ether oxygens (including phenoxy) is 2. The van der Waals surface area contributed by atoms with Crippen LogP contribution in [0.3, 0.4) is 0 Å². The topological polar surface area (TPSA) is 64.8 Å². The zero-order chi connectivity index (χ0) is 14.1. The largest absolute Gasteiger partial charge is 0.483 e. The van der Waals surface area contributed by atoms with Crippen LogP contribution in [-0.4, -0.2) is 44.2 Å². The summed E-state index contributed by atoms with van der Waals surface area (Å²) in [6, 6.07) is 7.46. The van der Waals surface area contributed by atoms with E-state index in [4.69, 9.17) is 15.2 Å². The molecule has 0 aliphatic rings. The first-order valence-corrected chi connectivity index (χ1v) is 6.41.